The molecule has 170 valence electrons. The number of rotatable bonds is 7. The minimum Gasteiger partial charge on any atom is -0.332 e. The number of nitro groups is 1. The summed E-state index contributed by atoms with van der Waals surface area (Å²) in [6.45, 7) is 0.227. The molecule has 3 aromatic carbocycles. The molecule has 0 aliphatic rings. The van der Waals surface area contributed by atoms with Crippen molar-refractivity contribution in [2.45, 2.75) is 11.4 Å². The number of hydrogen-bond acceptors (Lipinski definition) is 6. The number of nitrogens with one attached hydrogen (secondary N) is 2. The molecule has 1 amide bonds. The summed E-state index contributed by atoms with van der Waals surface area (Å²) in [5.41, 5.74) is 0.829. The van der Waals surface area contributed by atoms with Gasteiger partial charge in [0, 0.05) is 25.3 Å². The molecule has 0 aliphatic carbocycles. The lowest BCUT2D eigenvalue weighted by molar-refractivity contribution is -0.385. The predicted octanol–water partition coefficient (Wildman–Crippen LogP) is 3.54. The zero-order valence-corrected chi connectivity index (χ0v) is 19.1. The summed E-state index contributed by atoms with van der Waals surface area (Å²) in [6, 6.07) is 20.6. The average Bonchev–Trinajstić information content (AvgIpc) is 2.80. The summed E-state index contributed by atoms with van der Waals surface area (Å²) in [5, 5.41) is 16.1. The van der Waals surface area contributed by atoms with Gasteiger partial charge in [-0.05, 0) is 48.1 Å². The van der Waals surface area contributed by atoms with Crippen molar-refractivity contribution in [3.63, 3.8) is 0 Å². The number of hydrogen-bond donors (Lipinski definition) is 2. The van der Waals surface area contributed by atoms with Crippen LogP contribution in [0.1, 0.15) is 15.9 Å². The summed E-state index contributed by atoms with van der Waals surface area (Å²) in [5.74, 6) is -0.735. The number of thiocarbonyl (C=S) groups is 1. The molecule has 3 rings (SSSR count). The molecule has 0 saturated carbocycles. The Balaban J connectivity index is 1.65. The molecule has 0 aliphatic heterocycles. The van der Waals surface area contributed by atoms with Crippen molar-refractivity contribution in [2.24, 2.45) is 0 Å². The first-order valence-electron chi connectivity index (χ1n) is 9.64. The van der Waals surface area contributed by atoms with Crippen molar-refractivity contribution >= 4 is 44.6 Å². The van der Waals surface area contributed by atoms with Gasteiger partial charge in [0.15, 0.2) is 5.11 Å². The lowest BCUT2D eigenvalue weighted by Crippen LogP contribution is -2.34. The van der Waals surface area contributed by atoms with Gasteiger partial charge in [0.25, 0.3) is 11.6 Å². The second-order valence-corrected chi connectivity index (χ2v) is 9.41. The molecular weight excluding hydrogens is 464 g/mol. The Kier molecular flexibility index (Phi) is 7.48. The third-order valence-electron chi connectivity index (χ3n) is 4.64. The van der Waals surface area contributed by atoms with E-state index in [1.54, 1.807) is 0 Å². The van der Waals surface area contributed by atoms with Crippen LogP contribution in [0.3, 0.4) is 0 Å². The molecule has 0 aromatic heterocycles. The van der Waals surface area contributed by atoms with E-state index in [9.17, 15) is 23.3 Å². The Morgan fingerprint density at radius 3 is 2.24 bits per heavy atom. The van der Waals surface area contributed by atoms with E-state index < -0.39 is 20.9 Å². The zero-order chi connectivity index (χ0) is 24.0. The predicted molar refractivity (Wildman–Crippen MR) is 128 cm³/mol. The molecular formula is C22H20N4O5S2. The van der Waals surface area contributed by atoms with Crippen molar-refractivity contribution in [3.8, 4) is 0 Å². The maximum Gasteiger partial charge on any atom is 0.282 e. The Morgan fingerprint density at radius 1 is 1.00 bits per heavy atom. The van der Waals surface area contributed by atoms with Gasteiger partial charge in [-0.25, -0.2) is 8.42 Å². The van der Waals surface area contributed by atoms with E-state index in [1.165, 1.54) is 59.9 Å². The monoisotopic (exact) mass is 484 g/mol. The topological polar surface area (TPSA) is 122 Å². The van der Waals surface area contributed by atoms with Gasteiger partial charge in [-0.2, -0.15) is 4.31 Å². The van der Waals surface area contributed by atoms with Crippen molar-refractivity contribution < 1.29 is 18.1 Å². The Hall–Kier alpha value is -3.67. The summed E-state index contributed by atoms with van der Waals surface area (Å²) < 4.78 is 26.9. The van der Waals surface area contributed by atoms with Crippen LogP contribution in [0, 0.1) is 10.1 Å². The maximum atomic E-state index is 12.8. The Morgan fingerprint density at radius 2 is 1.61 bits per heavy atom. The summed E-state index contributed by atoms with van der Waals surface area (Å²) in [7, 11) is -2.21. The lowest BCUT2D eigenvalue weighted by Gasteiger charge is -2.17. The SMILES string of the molecule is CN(Cc1ccccc1)S(=O)(=O)c1ccc(NC(=S)NC(=O)c2ccccc2[N+](=O)[O-])cc1. The summed E-state index contributed by atoms with van der Waals surface area (Å²) in [4.78, 5) is 22.9. The van der Waals surface area contributed by atoms with Gasteiger partial charge >= 0.3 is 0 Å². The minimum atomic E-state index is -3.71. The first-order chi connectivity index (χ1) is 15.7. The summed E-state index contributed by atoms with van der Waals surface area (Å²) >= 11 is 5.10. The Labute approximate surface area is 196 Å². The molecule has 0 radical (unpaired) electrons. The normalized spacial score (nSPS) is 11.1. The van der Waals surface area contributed by atoms with E-state index in [-0.39, 0.29) is 27.8 Å². The highest BCUT2D eigenvalue weighted by Gasteiger charge is 2.22. The molecule has 33 heavy (non-hydrogen) atoms. The number of sulfonamides is 1. The van der Waals surface area contributed by atoms with E-state index in [2.05, 4.69) is 10.6 Å². The molecule has 9 nitrogen and oxygen atoms in total. The van der Waals surface area contributed by atoms with Crippen LogP contribution in [-0.2, 0) is 16.6 Å². The van der Waals surface area contributed by atoms with Crippen LogP contribution in [0.25, 0.3) is 0 Å². The van der Waals surface area contributed by atoms with Crippen molar-refractivity contribution in [1.82, 2.24) is 9.62 Å². The maximum absolute atomic E-state index is 12.8. The van der Waals surface area contributed by atoms with Crippen LogP contribution in [-0.4, -0.2) is 35.7 Å². The molecule has 2 N–H and O–H groups in total. The fourth-order valence-corrected chi connectivity index (χ4v) is 4.34. The van der Waals surface area contributed by atoms with Crippen LogP contribution >= 0.6 is 12.2 Å². The van der Waals surface area contributed by atoms with Gasteiger partial charge in [-0.3, -0.25) is 20.2 Å². The first-order valence-corrected chi connectivity index (χ1v) is 11.5. The highest BCUT2D eigenvalue weighted by molar-refractivity contribution is 7.89. The van der Waals surface area contributed by atoms with E-state index >= 15 is 0 Å². The van der Waals surface area contributed by atoms with E-state index in [0.717, 1.165) is 5.56 Å². The second kappa shape index (κ2) is 10.3. The smallest absolute Gasteiger partial charge is 0.282 e. The number of para-hydroxylation sites is 1. The van der Waals surface area contributed by atoms with Crippen molar-refractivity contribution in [1.29, 1.82) is 0 Å². The molecule has 3 aromatic rings. The fraction of sp³-hybridized carbons (Fsp3) is 0.0909. The quantitative estimate of drug-likeness (QED) is 0.299. The third kappa shape index (κ3) is 5.98. The number of anilines is 1. The third-order valence-corrected chi connectivity index (χ3v) is 6.66. The number of carbonyl (C=O) groups is 1. The standard InChI is InChI=1S/C22H20N4O5S2/c1-25(15-16-7-3-2-4-8-16)33(30,31)18-13-11-17(12-14-18)23-22(32)24-21(27)19-9-5-6-10-20(19)26(28)29/h2-14H,15H2,1H3,(H2,23,24,27,32). The van der Waals surface area contributed by atoms with Gasteiger partial charge in [-0.1, -0.05) is 42.5 Å². The van der Waals surface area contributed by atoms with Gasteiger partial charge in [0.2, 0.25) is 10.0 Å². The molecule has 0 bridgehead atoms. The number of nitrogens with zero attached hydrogens (tertiary/aromatic N) is 2. The van der Waals surface area contributed by atoms with Crippen LogP contribution in [0.2, 0.25) is 0 Å². The average molecular weight is 485 g/mol. The van der Waals surface area contributed by atoms with E-state index in [0.29, 0.717) is 5.69 Å². The van der Waals surface area contributed by atoms with E-state index in [4.69, 9.17) is 12.2 Å². The highest BCUT2D eigenvalue weighted by Crippen LogP contribution is 2.20. The summed E-state index contributed by atoms with van der Waals surface area (Å²) in [6.07, 6.45) is 0. The first kappa shape index (κ1) is 24.0. The molecule has 0 atom stereocenters. The van der Waals surface area contributed by atoms with Crippen LogP contribution in [0.4, 0.5) is 11.4 Å². The molecule has 0 heterocycles. The number of amides is 1. The highest BCUT2D eigenvalue weighted by atomic mass is 32.2. The number of nitro benzene ring substituents is 1. The zero-order valence-electron chi connectivity index (χ0n) is 17.5. The molecule has 11 heteroatoms. The molecule has 0 fully saturated rings. The van der Waals surface area contributed by atoms with Crippen LogP contribution < -0.4 is 10.6 Å². The van der Waals surface area contributed by atoms with E-state index in [1.807, 2.05) is 30.3 Å². The Bertz CT molecular complexity index is 1280. The second-order valence-electron chi connectivity index (χ2n) is 6.95. The largest absolute Gasteiger partial charge is 0.332 e. The van der Waals surface area contributed by atoms with Crippen molar-refractivity contribution in [3.05, 3.63) is 100 Å². The number of carbonyl (C=O) groups excluding carboxylic acids is 1. The fourth-order valence-electron chi connectivity index (χ4n) is 2.97. The minimum absolute atomic E-state index is 0.0880. The lowest BCUT2D eigenvalue weighted by atomic mass is 10.1. The van der Waals surface area contributed by atoms with Crippen molar-refractivity contribution in [2.75, 3.05) is 12.4 Å². The van der Waals surface area contributed by atoms with Gasteiger partial charge < -0.3 is 5.32 Å². The van der Waals surface area contributed by atoms with Gasteiger partial charge in [-0.15, -0.1) is 0 Å². The van der Waals surface area contributed by atoms with Gasteiger partial charge in [0.05, 0.1) is 9.82 Å². The van der Waals surface area contributed by atoms with Crippen LogP contribution in [0.15, 0.2) is 83.8 Å². The number of benzene rings is 3. The van der Waals surface area contributed by atoms with Crippen LogP contribution in [0.5, 0.6) is 0 Å². The van der Waals surface area contributed by atoms with Gasteiger partial charge in [0.1, 0.15) is 5.56 Å². The molecule has 0 unspecified atom stereocenters. The molecule has 0 spiro atoms. The molecule has 0 saturated heterocycles.